The normalized spacial score (nSPS) is 16.8. The zero-order valence-corrected chi connectivity index (χ0v) is 14.8. The third-order valence-corrected chi connectivity index (χ3v) is 4.50. The summed E-state index contributed by atoms with van der Waals surface area (Å²) in [5.41, 5.74) is 3.43. The summed E-state index contributed by atoms with van der Waals surface area (Å²) in [5, 5.41) is 12.4. The van der Waals surface area contributed by atoms with E-state index in [1.165, 1.54) is 11.1 Å². The molecule has 24 heavy (non-hydrogen) atoms. The van der Waals surface area contributed by atoms with Crippen LogP contribution in [0.3, 0.4) is 0 Å². The number of nitrogens with zero attached hydrogens (tertiary/aromatic N) is 1. The van der Waals surface area contributed by atoms with Crippen molar-refractivity contribution >= 4 is 11.8 Å². The first-order chi connectivity index (χ1) is 11.3. The second-order valence-corrected chi connectivity index (χ2v) is 6.82. The van der Waals surface area contributed by atoms with Crippen LogP contribution in [0.15, 0.2) is 18.2 Å². The van der Waals surface area contributed by atoms with Gasteiger partial charge in [0, 0.05) is 25.9 Å². The van der Waals surface area contributed by atoms with Gasteiger partial charge in [-0.15, -0.1) is 0 Å². The van der Waals surface area contributed by atoms with E-state index in [1.807, 2.05) is 20.8 Å². The van der Waals surface area contributed by atoms with Gasteiger partial charge in [-0.3, -0.25) is 9.59 Å². The summed E-state index contributed by atoms with van der Waals surface area (Å²) in [6.07, 6.45) is 1.38. The Morgan fingerprint density at radius 2 is 1.75 bits per heavy atom. The zero-order valence-electron chi connectivity index (χ0n) is 14.8. The molecule has 1 aliphatic heterocycles. The molecule has 5 heteroatoms. The number of carbonyl (C=O) groups excluding carboxylic acids is 2. The van der Waals surface area contributed by atoms with Crippen molar-refractivity contribution in [1.82, 2.24) is 10.2 Å². The number of aliphatic hydroxyl groups is 1. The number of rotatable bonds is 5. The number of nitrogens with one attached hydrogen (secondary N) is 1. The minimum atomic E-state index is -0.295. The quantitative estimate of drug-likeness (QED) is 0.869. The van der Waals surface area contributed by atoms with E-state index in [1.54, 1.807) is 4.90 Å². The molecule has 0 aliphatic carbocycles. The molecule has 0 spiro atoms. The van der Waals surface area contributed by atoms with Crippen molar-refractivity contribution in [2.24, 2.45) is 0 Å². The molecule has 5 nitrogen and oxygen atoms in total. The van der Waals surface area contributed by atoms with Gasteiger partial charge in [0.2, 0.25) is 11.8 Å². The van der Waals surface area contributed by atoms with Gasteiger partial charge in [0.15, 0.2) is 0 Å². The molecule has 1 atom stereocenters. The largest absolute Gasteiger partial charge is 0.393 e. The van der Waals surface area contributed by atoms with Crippen LogP contribution in [-0.2, 0) is 9.59 Å². The number of piperidine rings is 1. The van der Waals surface area contributed by atoms with Crippen LogP contribution in [0.4, 0.5) is 0 Å². The molecule has 0 saturated carbocycles. The number of amides is 2. The van der Waals surface area contributed by atoms with Crippen LogP contribution < -0.4 is 5.32 Å². The number of hydrogen-bond donors (Lipinski definition) is 2. The number of carbonyl (C=O) groups is 2. The minimum absolute atomic E-state index is 0.00361. The Balaban J connectivity index is 1.79. The lowest BCUT2D eigenvalue weighted by Crippen LogP contribution is -2.40. The first-order valence-corrected chi connectivity index (χ1v) is 8.68. The number of hydrogen-bond acceptors (Lipinski definition) is 3. The maximum absolute atomic E-state index is 12.1. The smallest absolute Gasteiger partial charge is 0.223 e. The van der Waals surface area contributed by atoms with E-state index in [-0.39, 0.29) is 36.8 Å². The first-order valence-electron chi connectivity index (χ1n) is 8.68. The van der Waals surface area contributed by atoms with Crippen LogP contribution in [-0.4, -0.2) is 41.0 Å². The summed E-state index contributed by atoms with van der Waals surface area (Å²) in [7, 11) is 0. The van der Waals surface area contributed by atoms with E-state index in [2.05, 4.69) is 23.5 Å². The van der Waals surface area contributed by atoms with Crippen molar-refractivity contribution in [3.63, 3.8) is 0 Å². The molecule has 1 saturated heterocycles. The molecule has 2 N–H and O–H groups in total. The van der Waals surface area contributed by atoms with Crippen molar-refractivity contribution in [3.8, 4) is 0 Å². The fourth-order valence-corrected chi connectivity index (χ4v) is 3.15. The molecule has 1 aliphatic rings. The summed E-state index contributed by atoms with van der Waals surface area (Å²) in [6.45, 7) is 7.21. The number of likely N-dealkylation sites (tertiary alicyclic amines) is 1. The maximum atomic E-state index is 12.1. The molecule has 1 heterocycles. The Morgan fingerprint density at radius 1 is 1.17 bits per heavy atom. The molecule has 1 aromatic rings. The van der Waals surface area contributed by atoms with Gasteiger partial charge in [-0.1, -0.05) is 29.3 Å². The standard InChI is InChI=1S/C19H28N2O3/c1-13-10-14(2)12-16(11-13)15(3)20-18(23)4-5-19(24)21-8-6-17(22)7-9-21/h10-12,15,17,22H,4-9H2,1-3H3,(H,20,23)/t15-/m0/s1. The van der Waals surface area contributed by atoms with Gasteiger partial charge in [-0.2, -0.15) is 0 Å². The molecular formula is C19H28N2O3. The lowest BCUT2D eigenvalue weighted by Gasteiger charge is -2.29. The van der Waals surface area contributed by atoms with Crippen molar-refractivity contribution in [3.05, 3.63) is 34.9 Å². The predicted molar refractivity (Wildman–Crippen MR) is 93.5 cm³/mol. The summed E-state index contributed by atoms with van der Waals surface area (Å²) in [5.74, 6) is -0.108. The van der Waals surface area contributed by atoms with Gasteiger partial charge in [0.25, 0.3) is 0 Å². The summed E-state index contributed by atoms with van der Waals surface area (Å²) in [6, 6.07) is 6.17. The minimum Gasteiger partial charge on any atom is -0.393 e. The van der Waals surface area contributed by atoms with Crippen molar-refractivity contribution < 1.29 is 14.7 Å². The second-order valence-electron chi connectivity index (χ2n) is 6.82. The van der Waals surface area contributed by atoms with Gasteiger partial charge in [-0.25, -0.2) is 0 Å². The van der Waals surface area contributed by atoms with Gasteiger partial charge >= 0.3 is 0 Å². The Bertz CT molecular complexity index is 572. The second kappa shape index (κ2) is 8.29. The highest BCUT2D eigenvalue weighted by Crippen LogP contribution is 2.17. The van der Waals surface area contributed by atoms with Crippen molar-refractivity contribution in [2.45, 2.75) is 58.6 Å². The molecule has 1 fully saturated rings. The van der Waals surface area contributed by atoms with Crippen LogP contribution in [0.1, 0.15) is 55.3 Å². The Kier molecular flexibility index (Phi) is 6.37. The van der Waals surface area contributed by atoms with E-state index in [4.69, 9.17) is 0 Å². The number of benzene rings is 1. The monoisotopic (exact) mass is 332 g/mol. The average Bonchev–Trinajstić information content (AvgIpc) is 2.52. The van der Waals surface area contributed by atoms with E-state index >= 15 is 0 Å². The van der Waals surface area contributed by atoms with Gasteiger partial charge in [-0.05, 0) is 39.2 Å². The highest BCUT2D eigenvalue weighted by Gasteiger charge is 2.21. The lowest BCUT2D eigenvalue weighted by molar-refractivity contribution is -0.135. The fraction of sp³-hybridized carbons (Fsp3) is 0.579. The average molecular weight is 332 g/mol. The topological polar surface area (TPSA) is 69.6 Å². The predicted octanol–water partition coefficient (Wildman–Crippen LogP) is 2.24. The molecule has 0 aromatic heterocycles. The van der Waals surface area contributed by atoms with Crippen LogP contribution >= 0.6 is 0 Å². The number of aryl methyl sites for hydroxylation is 2. The zero-order chi connectivity index (χ0) is 17.7. The third-order valence-electron chi connectivity index (χ3n) is 4.50. The Labute approximate surface area is 144 Å². The number of aliphatic hydroxyl groups excluding tert-OH is 1. The lowest BCUT2D eigenvalue weighted by atomic mass is 10.0. The molecule has 132 valence electrons. The van der Waals surface area contributed by atoms with Gasteiger partial charge < -0.3 is 15.3 Å². The van der Waals surface area contributed by atoms with Crippen LogP contribution in [0.2, 0.25) is 0 Å². The molecule has 0 bridgehead atoms. The molecule has 0 unspecified atom stereocenters. The fourth-order valence-electron chi connectivity index (χ4n) is 3.15. The summed E-state index contributed by atoms with van der Waals surface area (Å²) >= 11 is 0. The highest BCUT2D eigenvalue weighted by molar-refractivity contribution is 5.84. The maximum Gasteiger partial charge on any atom is 0.223 e. The van der Waals surface area contributed by atoms with Gasteiger partial charge in [0.05, 0.1) is 12.1 Å². The molecule has 2 amide bonds. The summed E-state index contributed by atoms with van der Waals surface area (Å²) in [4.78, 5) is 26.0. The SMILES string of the molecule is Cc1cc(C)cc([C@H](C)NC(=O)CCC(=O)N2CCC(O)CC2)c1. The Hall–Kier alpha value is -1.88. The van der Waals surface area contributed by atoms with E-state index in [0.717, 1.165) is 5.56 Å². The molecule has 0 radical (unpaired) electrons. The Morgan fingerprint density at radius 3 is 2.33 bits per heavy atom. The van der Waals surface area contributed by atoms with E-state index in [0.29, 0.717) is 25.9 Å². The highest BCUT2D eigenvalue weighted by atomic mass is 16.3. The van der Waals surface area contributed by atoms with Crippen molar-refractivity contribution in [2.75, 3.05) is 13.1 Å². The molecule has 2 rings (SSSR count). The van der Waals surface area contributed by atoms with Crippen LogP contribution in [0, 0.1) is 13.8 Å². The first kappa shape index (κ1) is 18.5. The molecule has 1 aromatic carbocycles. The van der Waals surface area contributed by atoms with E-state index < -0.39 is 0 Å². The van der Waals surface area contributed by atoms with Gasteiger partial charge in [0.1, 0.15) is 0 Å². The van der Waals surface area contributed by atoms with Crippen molar-refractivity contribution in [1.29, 1.82) is 0 Å². The summed E-state index contributed by atoms with van der Waals surface area (Å²) < 4.78 is 0. The molecular weight excluding hydrogens is 304 g/mol. The third kappa shape index (κ3) is 5.34. The van der Waals surface area contributed by atoms with E-state index in [9.17, 15) is 14.7 Å². The van der Waals surface area contributed by atoms with Crippen LogP contribution in [0.5, 0.6) is 0 Å². The van der Waals surface area contributed by atoms with Crippen LogP contribution in [0.25, 0.3) is 0 Å².